The topological polar surface area (TPSA) is 90.0 Å². The molecule has 150 valence electrons. The summed E-state index contributed by atoms with van der Waals surface area (Å²) in [6, 6.07) is 10.2. The summed E-state index contributed by atoms with van der Waals surface area (Å²) in [6.07, 6.45) is 0.710. The molecule has 29 heavy (non-hydrogen) atoms. The molecule has 0 atom stereocenters. The minimum absolute atomic E-state index is 0.160. The third kappa shape index (κ3) is 4.18. The molecule has 0 bridgehead atoms. The highest BCUT2D eigenvalue weighted by atomic mass is 16.5. The third-order valence-electron chi connectivity index (χ3n) is 4.62. The van der Waals surface area contributed by atoms with Gasteiger partial charge in [0.25, 0.3) is 11.8 Å². The van der Waals surface area contributed by atoms with Crippen molar-refractivity contribution in [3.05, 3.63) is 64.7 Å². The first-order valence-corrected chi connectivity index (χ1v) is 9.22. The van der Waals surface area contributed by atoms with E-state index in [1.54, 1.807) is 0 Å². The maximum Gasteiger partial charge on any atom is 0.343 e. The molecule has 2 amide bonds. The first-order valence-electron chi connectivity index (χ1n) is 9.22. The van der Waals surface area contributed by atoms with Gasteiger partial charge in [0, 0.05) is 6.54 Å². The van der Waals surface area contributed by atoms with Gasteiger partial charge in [-0.1, -0.05) is 13.8 Å². The number of rotatable bonds is 6. The van der Waals surface area contributed by atoms with Crippen LogP contribution in [0.5, 0.6) is 5.75 Å². The number of imide groups is 1. The second-order valence-electron chi connectivity index (χ2n) is 7.11. The Kier molecular flexibility index (Phi) is 5.77. The molecule has 1 aliphatic rings. The van der Waals surface area contributed by atoms with Crippen molar-refractivity contribution in [1.82, 2.24) is 4.90 Å². The standard InChI is InChI=1S/C22H21NO6/c1-13(2)10-11-23-19(24)17-9-6-15(12-18(17)20(23)25)22(27)29-16-7-4-14(5-8-16)21(26)28-3/h4-9,12-13H,10-11H2,1-3H3. The fourth-order valence-corrected chi connectivity index (χ4v) is 2.95. The molecule has 0 N–H and O–H groups in total. The van der Waals surface area contributed by atoms with Crippen LogP contribution in [0.2, 0.25) is 0 Å². The smallest absolute Gasteiger partial charge is 0.343 e. The third-order valence-corrected chi connectivity index (χ3v) is 4.62. The Morgan fingerprint density at radius 1 is 0.897 bits per heavy atom. The summed E-state index contributed by atoms with van der Waals surface area (Å²) in [5, 5.41) is 0. The lowest BCUT2D eigenvalue weighted by Crippen LogP contribution is -2.31. The van der Waals surface area contributed by atoms with Crippen LogP contribution in [0, 0.1) is 5.92 Å². The van der Waals surface area contributed by atoms with Crippen LogP contribution in [-0.4, -0.2) is 42.3 Å². The number of fused-ring (bicyclic) bond motifs is 1. The van der Waals surface area contributed by atoms with E-state index in [2.05, 4.69) is 4.74 Å². The lowest BCUT2D eigenvalue weighted by molar-refractivity contribution is 0.0598. The van der Waals surface area contributed by atoms with Gasteiger partial charge in [0.1, 0.15) is 5.75 Å². The summed E-state index contributed by atoms with van der Waals surface area (Å²) in [4.78, 5) is 50.2. The second-order valence-corrected chi connectivity index (χ2v) is 7.11. The molecule has 0 aliphatic carbocycles. The van der Waals surface area contributed by atoms with Gasteiger partial charge in [-0.3, -0.25) is 14.5 Å². The molecule has 0 aromatic heterocycles. The van der Waals surface area contributed by atoms with E-state index in [0.29, 0.717) is 24.4 Å². The summed E-state index contributed by atoms with van der Waals surface area (Å²) in [5.41, 5.74) is 0.982. The number of hydrogen-bond acceptors (Lipinski definition) is 6. The Balaban J connectivity index is 1.75. The van der Waals surface area contributed by atoms with Crippen molar-refractivity contribution in [2.24, 2.45) is 5.92 Å². The zero-order chi connectivity index (χ0) is 21.1. The van der Waals surface area contributed by atoms with Gasteiger partial charge in [-0.25, -0.2) is 9.59 Å². The molecule has 7 nitrogen and oxygen atoms in total. The monoisotopic (exact) mass is 395 g/mol. The van der Waals surface area contributed by atoms with E-state index in [-0.39, 0.29) is 28.3 Å². The average molecular weight is 395 g/mol. The number of methoxy groups -OCH3 is 1. The van der Waals surface area contributed by atoms with E-state index >= 15 is 0 Å². The lowest BCUT2D eigenvalue weighted by Gasteiger charge is -2.14. The van der Waals surface area contributed by atoms with Gasteiger partial charge in [-0.15, -0.1) is 0 Å². The minimum atomic E-state index is -0.667. The van der Waals surface area contributed by atoms with E-state index in [4.69, 9.17) is 4.74 Å². The van der Waals surface area contributed by atoms with E-state index in [1.807, 2.05) is 13.8 Å². The largest absolute Gasteiger partial charge is 0.465 e. The lowest BCUT2D eigenvalue weighted by atomic mass is 10.1. The number of carbonyl (C=O) groups excluding carboxylic acids is 4. The fourth-order valence-electron chi connectivity index (χ4n) is 2.95. The van der Waals surface area contributed by atoms with Crippen LogP contribution in [0.15, 0.2) is 42.5 Å². The summed E-state index contributed by atoms with van der Waals surface area (Å²) < 4.78 is 9.91. The quantitative estimate of drug-likeness (QED) is 0.423. The maximum absolute atomic E-state index is 12.6. The molecule has 1 heterocycles. The van der Waals surface area contributed by atoms with Crippen molar-refractivity contribution in [3.63, 3.8) is 0 Å². The van der Waals surface area contributed by atoms with Crippen molar-refractivity contribution in [3.8, 4) is 5.75 Å². The highest BCUT2D eigenvalue weighted by Gasteiger charge is 2.35. The van der Waals surface area contributed by atoms with Gasteiger partial charge in [0.05, 0.1) is 29.4 Å². The fraction of sp³-hybridized carbons (Fsp3) is 0.273. The van der Waals surface area contributed by atoms with E-state index in [9.17, 15) is 19.2 Å². The van der Waals surface area contributed by atoms with Gasteiger partial charge in [-0.2, -0.15) is 0 Å². The van der Waals surface area contributed by atoms with Gasteiger partial charge in [0.15, 0.2) is 0 Å². The molecule has 7 heteroatoms. The van der Waals surface area contributed by atoms with Crippen LogP contribution < -0.4 is 4.74 Å². The molecule has 0 saturated carbocycles. The normalized spacial score (nSPS) is 12.9. The Bertz CT molecular complexity index is 977. The molecule has 0 radical (unpaired) electrons. The van der Waals surface area contributed by atoms with Gasteiger partial charge in [0.2, 0.25) is 0 Å². The molecule has 3 rings (SSSR count). The van der Waals surface area contributed by atoms with Crippen molar-refractivity contribution in [1.29, 1.82) is 0 Å². The second kappa shape index (κ2) is 8.26. The first kappa shape index (κ1) is 20.3. The Morgan fingerprint density at radius 3 is 2.14 bits per heavy atom. The van der Waals surface area contributed by atoms with Gasteiger partial charge < -0.3 is 9.47 Å². The Morgan fingerprint density at radius 2 is 1.52 bits per heavy atom. The number of ether oxygens (including phenoxy) is 2. The van der Waals surface area contributed by atoms with Crippen molar-refractivity contribution < 1.29 is 28.7 Å². The Labute approximate surface area is 168 Å². The molecule has 0 unspecified atom stereocenters. The molecule has 2 aromatic carbocycles. The number of nitrogens with zero attached hydrogens (tertiary/aromatic N) is 1. The molecule has 0 saturated heterocycles. The molecular weight excluding hydrogens is 374 g/mol. The van der Waals surface area contributed by atoms with Crippen molar-refractivity contribution in [2.75, 3.05) is 13.7 Å². The molecule has 0 spiro atoms. The SMILES string of the molecule is COC(=O)c1ccc(OC(=O)c2ccc3c(c2)C(=O)N(CCC(C)C)C3=O)cc1. The zero-order valence-electron chi connectivity index (χ0n) is 16.4. The molecular formula is C22H21NO6. The summed E-state index contributed by atoms with van der Waals surface area (Å²) >= 11 is 0. The van der Waals surface area contributed by atoms with Crippen molar-refractivity contribution >= 4 is 23.8 Å². The van der Waals surface area contributed by atoms with Crippen LogP contribution in [-0.2, 0) is 4.74 Å². The predicted molar refractivity (Wildman–Crippen MR) is 104 cm³/mol. The molecule has 2 aromatic rings. The minimum Gasteiger partial charge on any atom is -0.465 e. The van der Waals surface area contributed by atoms with Crippen LogP contribution in [0.3, 0.4) is 0 Å². The number of hydrogen-bond donors (Lipinski definition) is 0. The van der Waals surface area contributed by atoms with Crippen LogP contribution in [0.4, 0.5) is 0 Å². The predicted octanol–water partition coefficient (Wildman–Crippen LogP) is 3.33. The number of benzene rings is 2. The summed E-state index contributed by atoms with van der Waals surface area (Å²) in [7, 11) is 1.28. The van der Waals surface area contributed by atoms with Crippen LogP contribution in [0.1, 0.15) is 61.7 Å². The number of esters is 2. The van der Waals surface area contributed by atoms with Gasteiger partial charge >= 0.3 is 11.9 Å². The first-order chi connectivity index (χ1) is 13.8. The van der Waals surface area contributed by atoms with Crippen molar-refractivity contribution in [2.45, 2.75) is 20.3 Å². The molecule has 1 aliphatic heterocycles. The zero-order valence-corrected chi connectivity index (χ0v) is 16.4. The summed E-state index contributed by atoms with van der Waals surface area (Å²) in [5.74, 6) is -1.31. The molecule has 0 fully saturated rings. The Hall–Kier alpha value is -3.48. The van der Waals surface area contributed by atoms with Gasteiger partial charge in [-0.05, 0) is 54.8 Å². The van der Waals surface area contributed by atoms with E-state index in [0.717, 1.165) is 0 Å². The van der Waals surface area contributed by atoms with Crippen LogP contribution in [0.25, 0.3) is 0 Å². The number of amides is 2. The van der Waals surface area contributed by atoms with E-state index in [1.165, 1.54) is 54.5 Å². The highest BCUT2D eigenvalue weighted by Crippen LogP contribution is 2.25. The van der Waals surface area contributed by atoms with Crippen LogP contribution >= 0.6 is 0 Å². The van der Waals surface area contributed by atoms with E-state index < -0.39 is 17.8 Å². The summed E-state index contributed by atoms with van der Waals surface area (Å²) in [6.45, 7) is 4.38. The highest BCUT2D eigenvalue weighted by molar-refractivity contribution is 6.22. The number of carbonyl (C=O) groups is 4. The average Bonchev–Trinajstić information content (AvgIpc) is 2.95. The maximum atomic E-state index is 12.6.